The predicted molar refractivity (Wildman–Crippen MR) is 71.5 cm³/mol. The van der Waals surface area contributed by atoms with Crippen molar-refractivity contribution < 1.29 is 69.9 Å². The first-order chi connectivity index (χ1) is 12.7. The molecular weight excluding hydrogens is 488 g/mol. The fourth-order valence-electron chi connectivity index (χ4n) is 2.35. The van der Waals surface area contributed by atoms with Crippen molar-refractivity contribution in [1.82, 2.24) is 0 Å². The Bertz CT molecular complexity index is 679. The topological polar surface area (TPSA) is 60.2 Å². The third-order valence-corrected chi connectivity index (χ3v) is 5.06. The molecule has 0 rings (SSSR count). The molecule has 2 unspecified atom stereocenters. The van der Waals surface area contributed by atoms with Crippen LogP contribution in [0.1, 0.15) is 26.2 Å². The molecule has 0 aromatic carbocycles. The molecule has 0 aliphatic heterocycles. The molecule has 18 heteroatoms. The van der Waals surface area contributed by atoms with Gasteiger partial charge in [-0.3, -0.25) is 0 Å². The molecule has 0 saturated carbocycles. The molecule has 0 spiro atoms. The van der Waals surface area contributed by atoms with Gasteiger partial charge in [0.1, 0.15) is 0 Å². The van der Waals surface area contributed by atoms with Gasteiger partial charge in [0.2, 0.25) is 0 Å². The smallest absolute Gasteiger partial charge is 0.224 e. The van der Waals surface area contributed by atoms with E-state index in [1.54, 1.807) is 0 Å². The van der Waals surface area contributed by atoms with Crippen LogP contribution in [-0.2, 0) is 10.0 Å². The summed E-state index contributed by atoms with van der Waals surface area (Å²) in [4.78, 5) is 0. The van der Waals surface area contributed by atoms with E-state index < -0.39 is 76.5 Å². The van der Waals surface area contributed by atoms with Crippen LogP contribution in [-0.4, -0.2) is 43.8 Å². The molecule has 0 radical (unpaired) electrons. The Balaban J connectivity index is 6.32. The van der Waals surface area contributed by atoms with Gasteiger partial charge >= 0.3 is 29.7 Å². The van der Waals surface area contributed by atoms with Gasteiger partial charge in [-0.1, -0.05) is 6.92 Å². The summed E-state index contributed by atoms with van der Waals surface area (Å²) in [6.45, 7) is 0.101. The number of hydrogen-bond acceptors (Lipinski definition) is 2. The Labute approximate surface area is 159 Å². The number of alkyl halides is 14. The minimum Gasteiger partial charge on any atom is -0.224 e. The van der Waals surface area contributed by atoms with E-state index >= 15 is 0 Å². The molecule has 0 aromatic heterocycles. The molecule has 0 bridgehead atoms. The van der Waals surface area contributed by atoms with E-state index in [0.29, 0.717) is 0 Å². The highest BCUT2D eigenvalue weighted by Gasteiger charge is 2.73. The van der Waals surface area contributed by atoms with E-state index in [2.05, 4.69) is 5.14 Å². The van der Waals surface area contributed by atoms with Gasteiger partial charge in [-0.15, -0.1) is 0 Å². The van der Waals surface area contributed by atoms with E-state index in [4.69, 9.17) is 0 Å². The van der Waals surface area contributed by atoms with Gasteiger partial charge in [0, 0.05) is 12.8 Å². The highest BCUT2D eigenvalue weighted by Crippen LogP contribution is 2.53. The average molecular weight is 501 g/mol. The van der Waals surface area contributed by atoms with Crippen molar-refractivity contribution in [2.75, 3.05) is 0 Å². The lowest BCUT2D eigenvalue weighted by Crippen LogP contribution is -2.56. The lowest BCUT2D eigenvalue weighted by atomic mass is 9.81. The van der Waals surface area contributed by atoms with Crippen LogP contribution in [0, 0.1) is 11.8 Å². The van der Waals surface area contributed by atoms with Crippen LogP contribution in [0.2, 0.25) is 0 Å². The van der Waals surface area contributed by atoms with Gasteiger partial charge in [-0.05, 0) is 12.3 Å². The Morgan fingerprint density at radius 3 is 1.37 bits per heavy atom. The summed E-state index contributed by atoms with van der Waals surface area (Å²) in [5, 5.41) is -2.44. The fraction of sp³-hybridized carbons (Fsp3) is 1.00. The monoisotopic (exact) mass is 501 g/mol. The van der Waals surface area contributed by atoms with Crippen LogP contribution >= 0.6 is 0 Å². The van der Waals surface area contributed by atoms with E-state index in [1.165, 1.54) is 0 Å². The highest BCUT2D eigenvalue weighted by atomic mass is 32.2. The second-order valence-electron chi connectivity index (χ2n) is 6.52. The number of primary sulfonamides is 1. The summed E-state index contributed by atoms with van der Waals surface area (Å²) in [6, 6.07) is 0. The first kappa shape index (κ1) is 28.9. The summed E-state index contributed by atoms with van der Waals surface area (Å²) in [6.07, 6.45) is -27.4. The number of sulfonamides is 1. The van der Waals surface area contributed by atoms with E-state index in [0.717, 1.165) is 0 Å². The standard InChI is InChI=1S/C12H13F14NO2S/c1-5(9(16,17)18)2-6(3-7(13,10(19,20)21)11(22,23)24)4-8(14,15)12(25,26)30(27,28)29/h5-6H,2-4H2,1H3,(H2,27,28,29). The molecule has 0 saturated heterocycles. The summed E-state index contributed by atoms with van der Waals surface area (Å²) in [7, 11) is -6.51. The maximum Gasteiger partial charge on any atom is 0.431 e. The zero-order chi connectivity index (χ0) is 24.8. The molecule has 0 fully saturated rings. The molecular formula is C12H13F14NO2S. The van der Waals surface area contributed by atoms with Crippen molar-refractivity contribution in [2.45, 2.75) is 61.6 Å². The largest absolute Gasteiger partial charge is 0.431 e. The molecule has 0 heterocycles. The van der Waals surface area contributed by atoms with Crippen LogP contribution in [0.25, 0.3) is 0 Å². The maximum absolute atomic E-state index is 13.8. The number of nitrogens with two attached hydrogens (primary N) is 1. The first-order valence-corrected chi connectivity index (χ1v) is 8.92. The molecule has 2 atom stereocenters. The average Bonchev–Trinajstić information content (AvgIpc) is 2.41. The van der Waals surface area contributed by atoms with Crippen LogP contribution in [0.4, 0.5) is 61.5 Å². The van der Waals surface area contributed by atoms with Crippen molar-refractivity contribution in [3.05, 3.63) is 0 Å². The summed E-state index contributed by atoms with van der Waals surface area (Å²) in [5.74, 6) is -12.3. The normalized spacial score (nSPS) is 17.7. The maximum atomic E-state index is 13.8. The molecule has 3 nitrogen and oxygen atoms in total. The second-order valence-corrected chi connectivity index (χ2v) is 8.12. The molecule has 0 amide bonds. The van der Waals surface area contributed by atoms with Crippen LogP contribution in [0.3, 0.4) is 0 Å². The van der Waals surface area contributed by atoms with Gasteiger partial charge in [-0.25, -0.2) is 17.9 Å². The molecule has 30 heavy (non-hydrogen) atoms. The number of hydrogen-bond donors (Lipinski definition) is 1. The Morgan fingerprint density at radius 2 is 1.10 bits per heavy atom. The third-order valence-electron chi connectivity index (χ3n) is 4.04. The minimum atomic E-state index is -6.87. The second kappa shape index (κ2) is 8.12. The molecule has 0 aliphatic rings. The summed E-state index contributed by atoms with van der Waals surface area (Å²) in [5.41, 5.74) is -6.34. The number of rotatable bonds is 8. The van der Waals surface area contributed by atoms with Gasteiger partial charge < -0.3 is 0 Å². The number of halogens is 14. The lowest BCUT2D eigenvalue weighted by molar-refractivity contribution is -0.347. The third kappa shape index (κ3) is 6.00. The van der Waals surface area contributed by atoms with Gasteiger partial charge in [0.05, 0.1) is 5.92 Å². The van der Waals surface area contributed by atoms with Gasteiger partial charge in [0.15, 0.2) is 0 Å². The Morgan fingerprint density at radius 1 is 0.733 bits per heavy atom. The zero-order valence-corrected chi connectivity index (χ0v) is 15.2. The van der Waals surface area contributed by atoms with Crippen molar-refractivity contribution in [3.63, 3.8) is 0 Å². The zero-order valence-electron chi connectivity index (χ0n) is 14.4. The first-order valence-electron chi connectivity index (χ1n) is 7.38. The fourth-order valence-corrected chi connectivity index (χ4v) is 2.85. The highest BCUT2D eigenvalue weighted by molar-refractivity contribution is 7.90. The van der Waals surface area contributed by atoms with Gasteiger partial charge in [0.25, 0.3) is 15.7 Å². The van der Waals surface area contributed by atoms with Crippen molar-refractivity contribution in [3.8, 4) is 0 Å². The summed E-state index contributed by atoms with van der Waals surface area (Å²) < 4.78 is 202. The molecule has 182 valence electrons. The molecule has 0 aliphatic carbocycles. The van der Waals surface area contributed by atoms with Gasteiger partial charge in [-0.2, -0.15) is 57.1 Å². The van der Waals surface area contributed by atoms with Crippen molar-refractivity contribution in [2.24, 2.45) is 17.0 Å². The Hall–Kier alpha value is -1.07. The predicted octanol–water partition coefficient (Wildman–Crippen LogP) is 5.32. The quantitative estimate of drug-likeness (QED) is 0.458. The van der Waals surface area contributed by atoms with E-state index in [1.807, 2.05) is 0 Å². The SMILES string of the molecule is CC(CC(CC(F)(F)C(F)(F)S(N)(=O)=O)CC(F)(C(F)(F)F)C(F)(F)F)C(F)(F)F. The molecule has 2 N–H and O–H groups in total. The molecule has 0 aromatic rings. The Kier molecular flexibility index (Phi) is 7.84. The summed E-state index contributed by atoms with van der Waals surface area (Å²) >= 11 is 0. The van der Waals surface area contributed by atoms with Crippen LogP contribution in [0.5, 0.6) is 0 Å². The van der Waals surface area contributed by atoms with Crippen LogP contribution in [0.15, 0.2) is 0 Å². The van der Waals surface area contributed by atoms with Crippen molar-refractivity contribution in [1.29, 1.82) is 0 Å². The minimum absolute atomic E-state index is 0.101. The van der Waals surface area contributed by atoms with E-state index in [9.17, 15) is 69.9 Å². The van der Waals surface area contributed by atoms with E-state index in [-0.39, 0.29) is 6.92 Å². The van der Waals surface area contributed by atoms with Crippen LogP contribution < -0.4 is 5.14 Å². The lowest BCUT2D eigenvalue weighted by Gasteiger charge is -2.36. The van der Waals surface area contributed by atoms with Crippen molar-refractivity contribution >= 4 is 10.0 Å².